The third-order valence-corrected chi connectivity index (χ3v) is 3.81. The number of nitrogens with zero attached hydrogens (tertiary/aromatic N) is 1. The zero-order chi connectivity index (χ0) is 11.2. The predicted molar refractivity (Wildman–Crippen MR) is 73.9 cm³/mol. The van der Waals surface area contributed by atoms with E-state index >= 15 is 0 Å². The minimum atomic E-state index is 0. The van der Waals surface area contributed by atoms with Gasteiger partial charge in [0.25, 0.3) is 0 Å². The number of hydrogen-bond acceptors (Lipinski definition) is 3. The summed E-state index contributed by atoms with van der Waals surface area (Å²) in [4.78, 5) is 2.69. The highest BCUT2D eigenvalue weighted by Gasteiger charge is 2.25. The lowest BCUT2D eigenvalue weighted by Crippen LogP contribution is -2.42. The maximum Gasteiger partial charge on any atom is 0.0506 e. The summed E-state index contributed by atoms with van der Waals surface area (Å²) in [6.07, 6.45) is 5.21. The molecule has 102 valence electrons. The van der Waals surface area contributed by atoms with E-state index in [2.05, 4.69) is 17.1 Å². The monoisotopic (exact) mass is 262 g/mol. The van der Waals surface area contributed by atoms with Crippen molar-refractivity contribution in [2.24, 2.45) is 5.92 Å². The van der Waals surface area contributed by atoms with Gasteiger partial charge >= 0.3 is 0 Å². The van der Waals surface area contributed by atoms with Gasteiger partial charge in [-0.1, -0.05) is 6.92 Å². The zero-order valence-corrected chi connectivity index (χ0v) is 11.8. The quantitative estimate of drug-likeness (QED) is 0.819. The highest BCUT2D eigenvalue weighted by Crippen LogP contribution is 2.18. The Labute approximate surface area is 112 Å². The number of halogens is 1. The molecule has 2 aliphatic heterocycles. The molecule has 2 heterocycles. The molecule has 0 aromatic carbocycles. The fourth-order valence-corrected chi connectivity index (χ4v) is 2.94. The predicted octanol–water partition coefficient (Wildman–Crippen LogP) is 1.91. The van der Waals surface area contributed by atoms with Crippen molar-refractivity contribution in [2.75, 3.05) is 39.4 Å². The van der Waals surface area contributed by atoms with Crippen LogP contribution in [0.5, 0.6) is 0 Å². The molecule has 2 rings (SSSR count). The molecule has 4 heteroatoms. The van der Waals surface area contributed by atoms with E-state index in [-0.39, 0.29) is 12.4 Å². The van der Waals surface area contributed by atoms with E-state index in [1.165, 1.54) is 51.9 Å². The first-order valence-electron chi connectivity index (χ1n) is 6.92. The minimum Gasteiger partial charge on any atom is -0.381 e. The SMILES string of the molecule is CCCN(CC1CCCOC1)C1CCNC1.Cl. The minimum absolute atomic E-state index is 0. The lowest BCUT2D eigenvalue weighted by molar-refractivity contribution is 0.0322. The molecular formula is C13H27ClN2O. The number of hydrogen-bond donors (Lipinski definition) is 1. The molecule has 0 aromatic heterocycles. The van der Waals surface area contributed by atoms with Crippen molar-refractivity contribution >= 4 is 12.4 Å². The molecule has 0 radical (unpaired) electrons. The van der Waals surface area contributed by atoms with Crippen LogP contribution in [0.1, 0.15) is 32.6 Å². The molecule has 0 amide bonds. The molecule has 2 atom stereocenters. The van der Waals surface area contributed by atoms with Gasteiger partial charge in [0.05, 0.1) is 6.61 Å². The van der Waals surface area contributed by atoms with Crippen LogP contribution in [-0.4, -0.2) is 50.3 Å². The molecule has 2 saturated heterocycles. The Bertz CT molecular complexity index is 192. The van der Waals surface area contributed by atoms with Gasteiger partial charge in [0.15, 0.2) is 0 Å². The summed E-state index contributed by atoms with van der Waals surface area (Å²) < 4.78 is 5.58. The summed E-state index contributed by atoms with van der Waals surface area (Å²) in [5.74, 6) is 0.779. The fourth-order valence-electron chi connectivity index (χ4n) is 2.94. The summed E-state index contributed by atoms with van der Waals surface area (Å²) in [6.45, 7) is 9.14. The van der Waals surface area contributed by atoms with E-state index in [4.69, 9.17) is 4.74 Å². The van der Waals surface area contributed by atoms with Gasteiger partial charge in [0, 0.05) is 25.7 Å². The van der Waals surface area contributed by atoms with Crippen molar-refractivity contribution in [3.63, 3.8) is 0 Å². The Balaban J connectivity index is 0.00000144. The first kappa shape index (κ1) is 15.2. The Morgan fingerprint density at radius 1 is 1.35 bits per heavy atom. The molecule has 3 nitrogen and oxygen atoms in total. The third kappa shape index (κ3) is 4.74. The van der Waals surface area contributed by atoms with Crippen LogP contribution < -0.4 is 5.32 Å². The van der Waals surface area contributed by atoms with Crippen molar-refractivity contribution in [3.05, 3.63) is 0 Å². The third-order valence-electron chi connectivity index (χ3n) is 3.81. The molecule has 2 fully saturated rings. The highest BCUT2D eigenvalue weighted by molar-refractivity contribution is 5.85. The molecule has 0 saturated carbocycles. The van der Waals surface area contributed by atoms with Crippen molar-refractivity contribution in [1.29, 1.82) is 0 Å². The van der Waals surface area contributed by atoms with Crippen molar-refractivity contribution in [3.8, 4) is 0 Å². The van der Waals surface area contributed by atoms with Crippen LogP contribution >= 0.6 is 12.4 Å². The number of ether oxygens (including phenoxy) is 1. The first-order chi connectivity index (χ1) is 7.90. The van der Waals surface area contributed by atoms with Crippen LogP contribution in [0, 0.1) is 5.92 Å². The zero-order valence-electron chi connectivity index (χ0n) is 11.0. The largest absolute Gasteiger partial charge is 0.381 e. The van der Waals surface area contributed by atoms with Crippen molar-refractivity contribution in [2.45, 2.75) is 38.6 Å². The van der Waals surface area contributed by atoms with Gasteiger partial charge in [-0.15, -0.1) is 12.4 Å². The van der Waals surface area contributed by atoms with Crippen LogP contribution in [0.15, 0.2) is 0 Å². The lowest BCUT2D eigenvalue weighted by atomic mass is 10.0. The molecule has 2 aliphatic rings. The van der Waals surface area contributed by atoms with E-state index in [0.717, 1.165) is 25.2 Å². The maximum absolute atomic E-state index is 5.58. The van der Waals surface area contributed by atoms with Gasteiger partial charge in [-0.25, -0.2) is 0 Å². The molecule has 2 unspecified atom stereocenters. The van der Waals surface area contributed by atoms with Crippen LogP contribution in [0.3, 0.4) is 0 Å². The molecule has 0 aliphatic carbocycles. The lowest BCUT2D eigenvalue weighted by Gasteiger charge is -2.33. The first-order valence-corrected chi connectivity index (χ1v) is 6.92. The summed E-state index contributed by atoms with van der Waals surface area (Å²) in [5, 5.41) is 3.48. The molecule has 0 aromatic rings. The molecule has 0 bridgehead atoms. The fraction of sp³-hybridized carbons (Fsp3) is 1.00. The Kier molecular flexibility index (Phi) is 7.44. The second kappa shape index (κ2) is 8.30. The van der Waals surface area contributed by atoms with Gasteiger partial charge in [0.2, 0.25) is 0 Å². The molecular weight excluding hydrogens is 236 g/mol. The maximum atomic E-state index is 5.58. The van der Waals surface area contributed by atoms with Gasteiger partial charge in [-0.3, -0.25) is 4.90 Å². The normalized spacial score (nSPS) is 29.3. The van der Waals surface area contributed by atoms with Gasteiger partial charge in [-0.05, 0) is 44.7 Å². The average molecular weight is 263 g/mol. The Morgan fingerprint density at radius 2 is 2.24 bits per heavy atom. The smallest absolute Gasteiger partial charge is 0.0506 e. The van der Waals surface area contributed by atoms with Crippen LogP contribution in [-0.2, 0) is 4.74 Å². The second-order valence-electron chi connectivity index (χ2n) is 5.22. The topological polar surface area (TPSA) is 24.5 Å². The van der Waals surface area contributed by atoms with Gasteiger partial charge in [-0.2, -0.15) is 0 Å². The van der Waals surface area contributed by atoms with E-state index in [9.17, 15) is 0 Å². The van der Waals surface area contributed by atoms with E-state index in [0.29, 0.717) is 0 Å². The van der Waals surface area contributed by atoms with E-state index in [1.54, 1.807) is 0 Å². The van der Waals surface area contributed by atoms with E-state index in [1.807, 2.05) is 0 Å². The highest BCUT2D eigenvalue weighted by atomic mass is 35.5. The molecule has 0 spiro atoms. The van der Waals surface area contributed by atoms with E-state index < -0.39 is 0 Å². The van der Waals surface area contributed by atoms with Gasteiger partial charge < -0.3 is 10.1 Å². The van der Waals surface area contributed by atoms with Crippen molar-refractivity contribution < 1.29 is 4.74 Å². The molecule has 1 N–H and O–H groups in total. The standard InChI is InChI=1S/C13H26N2O.ClH/c1-2-7-15(13-5-6-14-9-13)10-12-4-3-8-16-11-12;/h12-14H,2-11H2,1H3;1H. The molecule has 17 heavy (non-hydrogen) atoms. The van der Waals surface area contributed by atoms with Crippen LogP contribution in [0.25, 0.3) is 0 Å². The average Bonchev–Trinajstić information content (AvgIpc) is 2.83. The summed E-state index contributed by atoms with van der Waals surface area (Å²) in [6, 6.07) is 0.780. The number of rotatable bonds is 5. The number of nitrogens with one attached hydrogen (secondary N) is 1. The van der Waals surface area contributed by atoms with Crippen LogP contribution in [0.4, 0.5) is 0 Å². The van der Waals surface area contributed by atoms with Crippen molar-refractivity contribution in [1.82, 2.24) is 10.2 Å². The summed E-state index contributed by atoms with van der Waals surface area (Å²) >= 11 is 0. The van der Waals surface area contributed by atoms with Gasteiger partial charge in [0.1, 0.15) is 0 Å². The Hall–Kier alpha value is 0.170. The Morgan fingerprint density at radius 3 is 2.82 bits per heavy atom. The summed E-state index contributed by atoms with van der Waals surface area (Å²) in [7, 11) is 0. The second-order valence-corrected chi connectivity index (χ2v) is 5.22. The summed E-state index contributed by atoms with van der Waals surface area (Å²) in [5.41, 5.74) is 0. The van der Waals surface area contributed by atoms with Crippen LogP contribution in [0.2, 0.25) is 0 Å².